The molecule has 9 rings (SSSR count). The van der Waals surface area contributed by atoms with Crippen LogP contribution in [-0.2, 0) is 84.7 Å². The number of aliphatic hydroxyl groups excluding tert-OH is 6. The van der Waals surface area contributed by atoms with Crippen LogP contribution in [0.15, 0.2) is 40.2 Å². The lowest BCUT2D eigenvalue weighted by Gasteiger charge is -2.42. The summed E-state index contributed by atoms with van der Waals surface area (Å²) in [5.41, 5.74) is 7.45. The highest BCUT2D eigenvalue weighted by atomic mass is 32.3. The van der Waals surface area contributed by atoms with Gasteiger partial charge in [-0.2, -0.15) is 0 Å². The first-order valence-electron chi connectivity index (χ1n) is 26.1. The van der Waals surface area contributed by atoms with Gasteiger partial charge >= 0.3 is 22.3 Å². The van der Waals surface area contributed by atoms with E-state index in [1.54, 1.807) is 6.92 Å². The zero-order valence-corrected chi connectivity index (χ0v) is 45.2. The Hall–Kier alpha value is -6.72. The molecule has 4 aromatic rings. The second kappa shape index (κ2) is 25.2. The highest BCUT2D eigenvalue weighted by molar-refractivity contribution is 7.82. The summed E-state index contributed by atoms with van der Waals surface area (Å²) < 4.78 is 101. The fraction of sp³-hybridized carbons (Fsp3) is 0.549. The van der Waals surface area contributed by atoms with Crippen LogP contribution in [0.1, 0.15) is 57.9 Å². The van der Waals surface area contributed by atoms with Crippen molar-refractivity contribution in [1.29, 1.82) is 0 Å². The van der Waals surface area contributed by atoms with Crippen LogP contribution in [0.25, 0.3) is 32.7 Å². The molecule has 1 amide bonds. The SMILES string of the molecule is CC[C@@]1(O)C(=O)OCc2c1cc1n(c2=O)Cc2c-1nc1cc(F)c(OS(=O)(=O)Oc3cc(C(=O)N(C)CCOCCOCCOCCN=[N+]=[N-])ccc3O[C@@H]3O[C@H](COC4O[C@H](C(=O)O)[C@@H](O)[C@H](O)[C@H]4O)[C@@H](O)[C@H](O)[C@H]3O)c3c1c2CCC3. The Labute approximate surface area is 469 Å². The molecule has 5 aliphatic rings. The predicted octanol–water partition coefficient (Wildman–Crippen LogP) is -1.06. The Kier molecular flexibility index (Phi) is 18.5. The number of fused-ring (bicyclic) bond motifs is 5. The van der Waals surface area contributed by atoms with Gasteiger partial charge in [0.2, 0.25) is 6.29 Å². The molecule has 450 valence electrons. The van der Waals surface area contributed by atoms with Gasteiger partial charge in [-0.1, -0.05) is 12.0 Å². The number of carboxylic acids is 1. The minimum atomic E-state index is -5.50. The summed E-state index contributed by atoms with van der Waals surface area (Å²) >= 11 is 0. The zero-order valence-electron chi connectivity index (χ0n) is 44.3. The van der Waals surface area contributed by atoms with Gasteiger partial charge in [0.15, 0.2) is 41.1 Å². The number of azide groups is 1. The third-order valence-electron chi connectivity index (χ3n) is 14.7. The molecule has 0 radical (unpaired) electrons. The summed E-state index contributed by atoms with van der Waals surface area (Å²) in [5.74, 6) is -6.79. The third-order valence-corrected chi connectivity index (χ3v) is 15.5. The largest absolute Gasteiger partial charge is 0.501 e. The minimum absolute atomic E-state index is 0.00439. The van der Waals surface area contributed by atoms with Gasteiger partial charge in [0.1, 0.15) is 49.3 Å². The van der Waals surface area contributed by atoms with Crippen LogP contribution in [0.2, 0.25) is 0 Å². The Bertz CT molecular complexity index is 3370. The lowest BCUT2D eigenvalue weighted by molar-refractivity contribution is -0.318. The first-order valence-corrected chi connectivity index (χ1v) is 27.4. The molecule has 8 N–H and O–H groups in total. The molecule has 0 bridgehead atoms. The summed E-state index contributed by atoms with van der Waals surface area (Å²) in [6.45, 7) is 1.50. The quantitative estimate of drug-likeness (QED) is 0.0120. The van der Waals surface area contributed by atoms with E-state index in [2.05, 4.69) is 10.0 Å². The number of aromatic nitrogens is 2. The highest BCUT2D eigenvalue weighted by Gasteiger charge is 2.50. The molecule has 2 fully saturated rings. The van der Waals surface area contributed by atoms with E-state index in [0.29, 0.717) is 29.4 Å². The van der Waals surface area contributed by atoms with Crippen LogP contribution in [0.4, 0.5) is 4.39 Å². The van der Waals surface area contributed by atoms with Gasteiger partial charge in [-0.25, -0.2) is 19.0 Å². The van der Waals surface area contributed by atoms with Gasteiger partial charge in [-0.05, 0) is 61.0 Å². The number of cyclic esters (lactones) is 1. The van der Waals surface area contributed by atoms with Crippen molar-refractivity contribution in [2.45, 2.75) is 113 Å². The Morgan fingerprint density at radius 1 is 0.867 bits per heavy atom. The van der Waals surface area contributed by atoms with Gasteiger partial charge in [-0.3, -0.25) is 9.59 Å². The van der Waals surface area contributed by atoms with Crippen molar-refractivity contribution < 1.29 is 114 Å². The standard InChI is InChI=1S/C51H59FN6O24S/c1-3-51(70)28-18-31-36-26(20-58(31)46(66)27(28)21-77-50(51)69)24-5-4-6-25-35(24)30(55-36)19-29(52)43(25)82-83(71,72)81-33-17-23(45(65)57(2)10-12-74-14-16-75-15-13-73-11-9-54-56-53)7-8-32(33)78-49-42(64)38(60)37(59)34(79-49)22-76-48-41(63)39(61)40(62)44(80-48)47(67)68/h7-8,17-19,34,37-42,44,48-49,59-64,70H,3-6,9-16,20-22H2,1-2H3,(H,67,68)/t34-,37-,38+,39+,40+,41-,42-,44+,48?,49-,51+/m1/s1. The fourth-order valence-electron chi connectivity index (χ4n) is 10.3. The molecule has 2 aromatic carbocycles. The van der Waals surface area contributed by atoms with Crippen LogP contribution >= 0.6 is 0 Å². The van der Waals surface area contributed by atoms with E-state index < -0.39 is 130 Å². The number of aliphatic carboxylic acids is 1. The van der Waals surface area contributed by atoms with E-state index in [-0.39, 0.29) is 118 Å². The van der Waals surface area contributed by atoms with Crippen LogP contribution in [-0.4, -0.2) is 209 Å². The number of esters is 1. The summed E-state index contributed by atoms with van der Waals surface area (Å²) in [6, 6.07) is 5.54. The number of hydrogen-bond donors (Lipinski definition) is 8. The fourth-order valence-corrected chi connectivity index (χ4v) is 11.1. The number of hydrogen-bond acceptors (Lipinski definition) is 25. The monoisotopic (exact) mass is 1190 g/mol. The second-order valence-corrected chi connectivity index (χ2v) is 21.0. The van der Waals surface area contributed by atoms with Gasteiger partial charge in [-0.15, -0.1) is 8.42 Å². The predicted molar refractivity (Wildman–Crippen MR) is 274 cm³/mol. The molecule has 2 saturated heterocycles. The highest BCUT2D eigenvalue weighted by Crippen LogP contribution is 2.46. The van der Waals surface area contributed by atoms with Crippen molar-refractivity contribution in [2.24, 2.45) is 5.11 Å². The summed E-state index contributed by atoms with van der Waals surface area (Å²) in [4.78, 5) is 60.8. The number of pyridine rings is 2. The Balaban J connectivity index is 0.968. The Morgan fingerprint density at radius 3 is 2.27 bits per heavy atom. The van der Waals surface area contributed by atoms with E-state index in [1.165, 1.54) is 28.6 Å². The van der Waals surface area contributed by atoms with Gasteiger partial charge in [0, 0.05) is 58.8 Å². The number of likely N-dealkylation sites (N-methyl/N-ethyl adjacent to an activating group) is 1. The lowest BCUT2D eigenvalue weighted by Crippen LogP contribution is -2.62. The average Bonchev–Trinajstić information content (AvgIpc) is 1.99. The van der Waals surface area contributed by atoms with Crippen molar-refractivity contribution in [3.05, 3.63) is 90.3 Å². The van der Waals surface area contributed by atoms with Gasteiger partial charge in [0.25, 0.3) is 11.5 Å². The van der Waals surface area contributed by atoms with Gasteiger partial charge in [0.05, 0.1) is 75.3 Å². The molecule has 32 heteroatoms. The Morgan fingerprint density at radius 2 is 1.55 bits per heavy atom. The van der Waals surface area contributed by atoms with Crippen LogP contribution in [0.5, 0.6) is 17.2 Å². The lowest BCUT2D eigenvalue weighted by atomic mass is 9.85. The number of carboxylic acid groups (broad SMARTS) is 1. The maximum absolute atomic E-state index is 16.6. The molecule has 0 spiro atoms. The zero-order chi connectivity index (χ0) is 59.7. The van der Waals surface area contributed by atoms with Crippen molar-refractivity contribution in [3.63, 3.8) is 0 Å². The number of nitrogens with zero attached hydrogens (tertiary/aromatic N) is 6. The third kappa shape index (κ3) is 12.3. The van der Waals surface area contributed by atoms with Crippen molar-refractivity contribution in [1.82, 2.24) is 14.5 Å². The maximum atomic E-state index is 16.6. The molecule has 4 aliphatic heterocycles. The number of aliphatic hydroxyl groups is 7. The summed E-state index contributed by atoms with van der Waals surface area (Å²) in [6.07, 6.45) is -19.5. The number of rotatable bonds is 24. The minimum Gasteiger partial charge on any atom is -0.479 e. The maximum Gasteiger partial charge on any atom is 0.501 e. The smallest absolute Gasteiger partial charge is 0.479 e. The number of halogens is 1. The second-order valence-electron chi connectivity index (χ2n) is 19.9. The van der Waals surface area contributed by atoms with Crippen LogP contribution in [0.3, 0.4) is 0 Å². The number of aryl methyl sites for hydroxylation is 2. The molecule has 1 aliphatic carbocycles. The average molecular weight is 1190 g/mol. The molecule has 1 unspecified atom stereocenters. The van der Waals surface area contributed by atoms with Crippen molar-refractivity contribution in [3.8, 4) is 28.6 Å². The topological polar surface area (TPSA) is 426 Å². The molecule has 11 atom stereocenters. The number of ether oxygens (including phenoxy) is 8. The van der Waals surface area contributed by atoms with Crippen molar-refractivity contribution >= 4 is 39.1 Å². The van der Waals surface area contributed by atoms with Crippen LogP contribution < -0.4 is 18.7 Å². The number of benzene rings is 2. The number of carbonyl (C=O) groups is 3. The molecule has 2 aromatic heterocycles. The van der Waals surface area contributed by atoms with E-state index in [1.807, 2.05) is 0 Å². The normalized spacial score (nSPS) is 26.3. The van der Waals surface area contributed by atoms with E-state index in [9.17, 15) is 68.4 Å². The van der Waals surface area contributed by atoms with Crippen molar-refractivity contribution in [2.75, 3.05) is 66.4 Å². The number of amides is 1. The number of carbonyl (C=O) groups excluding carboxylic acids is 2. The summed E-state index contributed by atoms with van der Waals surface area (Å²) in [7, 11) is -4.09. The van der Waals surface area contributed by atoms with E-state index >= 15 is 4.39 Å². The molecule has 6 heterocycles. The van der Waals surface area contributed by atoms with Crippen LogP contribution in [0, 0.1) is 5.82 Å². The van der Waals surface area contributed by atoms with E-state index in [4.69, 9.17) is 56.8 Å². The van der Waals surface area contributed by atoms with Gasteiger partial charge < -0.3 is 96.6 Å². The molecular weight excluding hydrogens is 1130 g/mol. The molecule has 83 heavy (non-hydrogen) atoms. The summed E-state index contributed by atoms with van der Waals surface area (Å²) in [5, 5.41) is 88.2. The molecular formula is C51H59FN6O24S. The first kappa shape index (κ1) is 60.9. The molecule has 0 saturated carbocycles. The molecule has 30 nitrogen and oxygen atoms in total. The first-order chi connectivity index (χ1) is 39.6. The van der Waals surface area contributed by atoms with E-state index in [0.717, 1.165) is 18.2 Å².